The Hall–Kier alpha value is 0.167. The third-order valence-electron chi connectivity index (χ3n) is 0.518. The molecule has 0 aromatic rings. The molecule has 0 fully saturated rings. The van der Waals surface area contributed by atoms with Crippen molar-refractivity contribution in [3.8, 4) is 0 Å². The van der Waals surface area contributed by atoms with E-state index in [4.69, 9.17) is 4.74 Å². The summed E-state index contributed by atoms with van der Waals surface area (Å²) in [6.45, 7) is 11.1. The summed E-state index contributed by atoms with van der Waals surface area (Å²) in [7, 11) is 0. The summed E-state index contributed by atoms with van der Waals surface area (Å²) < 4.78 is 5.14. The van der Waals surface area contributed by atoms with E-state index in [0.717, 1.165) is 0 Å². The van der Waals surface area contributed by atoms with Gasteiger partial charge in [-0.15, -0.1) is 6.61 Å². The van der Waals surface area contributed by atoms with E-state index >= 15 is 0 Å². The summed E-state index contributed by atoms with van der Waals surface area (Å²) in [4.78, 5) is 0. The summed E-state index contributed by atoms with van der Waals surface area (Å²) in [6.07, 6.45) is 1.63. The van der Waals surface area contributed by atoms with Crippen LogP contribution in [0.25, 0.3) is 0 Å². The zero-order valence-electron chi connectivity index (χ0n) is 6.77. The fourth-order valence-corrected chi connectivity index (χ4v) is 0.252. The molecule has 2 heteroatoms. The van der Waals surface area contributed by atoms with Crippen molar-refractivity contribution >= 4 is 0 Å². The van der Waals surface area contributed by atoms with E-state index in [1.807, 2.05) is 20.8 Å². The second kappa shape index (κ2) is 4.99. The predicted octanol–water partition coefficient (Wildman–Crippen LogP) is -0.847. The van der Waals surface area contributed by atoms with E-state index < -0.39 is 0 Å². The van der Waals surface area contributed by atoms with E-state index in [1.54, 1.807) is 12.7 Å². The third-order valence-corrected chi connectivity index (χ3v) is 0.518. The predicted molar refractivity (Wildman–Crippen MR) is 35.3 cm³/mol. The van der Waals surface area contributed by atoms with Gasteiger partial charge in [-0.1, -0.05) is 0 Å². The van der Waals surface area contributed by atoms with Crippen LogP contribution in [0.3, 0.4) is 0 Å². The van der Waals surface area contributed by atoms with Gasteiger partial charge in [-0.05, 0) is 20.8 Å². The average Bonchev–Trinajstić information content (AvgIpc) is 1.59. The Morgan fingerprint density at radius 1 is 1.44 bits per heavy atom. The smallest absolute Gasteiger partial charge is 0.438 e. The minimum absolute atomic E-state index is 0. The van der Waals surface area contributed by atoms with E-state index in [2.05, 4.69) is 6.58 Å². The number of rotatable bonds is 2. The molecule has 0 aliphatic rings. The standard InChI is InChI=1S/C7H13O.Li/c1-5-6-8-7(2,3)4;/h5-6H,1H2,2-4H3;/q-1;+1. The first-order chi connectivity index (χ1) is 3.56. The topological polar surface area (TPSA) is 9.23 Å². The molecule has 9 heavy (non-hydrogen) atoms. The van der Waals surface area contributed by atoms with Gasteiger partial charge in [0.05, 0.1) is 0 Å². The summed E-state index contributed by atoms with van der Waals surface area (Å²) in [6, 6.07) is 0. The molecule has 0 saturated carbocycles. The van der Waals surface area contributed by atoms with Gasteiger partial charge in [-0.3, -0.25) is 0 Å². The first-order valence-corrected chi connectivity index (χ1v) is 2.68. The van der Waals surface area contributed by atoms with Crippen LogP contribution >= 0.6 is 0 Å². The van der Waals surface area contributed by atoms with Crippen LogP contribution in [0, 0.1) is 6.61 Å². The van der Waals surface area contributed by atoms with E-state index in [-0.39, 0.29) is 24.5 Å². The summed E-state index contributed by atoms with van der Waals surface area (Å²) in [5, 5.41) is 0. The molecule has 0 aromatic heterocycles. The molecule has 0 atom stereocenters. The van der Waals surface area contributed by atoms with E-state index in [0.29, 0.717) is 0 Å². The monoisotopic (exact) mass is 120 g/mol. The molecule has 0 rings (SSSR count). The van der Waals surface area contributed by atoms with Crippen LogP contribution in [-0.2, 0) is 4.74 Å². The molecule has 0 N–H and O–H groups in total. The summed E-state index contributed by atoms with van der Waals surface area (Å²) in [5.41, 5.74) is -0.0752. The Balaban J connectivity index is 0. The Kier molecular flexibility index (Phi) is 6.60. The summed E-state index contributed by atoms with van der Waals surface area (Å²) >= 11 is 0. The quantitative estimate of drug-likeness (QED) is 0.341. The molecule has 0 aliphatic heterocycles. The maximum atomic E-state index is 5.14. The maximum absolute atomic E-state index is 5.14. The molecule has 0 saturated heterocycles. The number of hydrogen-bond donors (Lipinski definition) is 0. The van der Waals surface area contributed by atoms with E-state index in [1.165, 1.54) is 0 Å². The molecule has 0 amide bonds. The fraction of sp³-hybridized carbons (Fsp3) is 0.571. The first kappa shape index (κ1) is 11.9. The van der Waals surface area contributed by atoms with Gasteiger partial charge < -0.3 is 4.74 Å². The van der Waals surface area contributed by atoms with Gasteiger partial charge >= 0.3 is 18.9 Å². The van der Waals surface area contributed by atoms with Crippen LogP contribution in [0.1, 0.15) is 20.8 Å². The van der Waals surface area contributed by atoms with Crippen molar-refractivity contribution in [3.05, 3.63) is 19.3 Å². The molecule has 1 nitrogen and oxygen atoms in total. The van der Waals surface area contributed by atoms with Crippen LogP contribution in [0.5, 0.6) is 0 Å². The molecule has 0 radical (unpaired) electrons. The first-order valence-electron chi connectivity index (χ1n) is 2.68. The van der Waals surface area contributed by atoms with E-state index in [9.17, 15) is 0 Å². The van der Waals surface area contributed by atoms with Crippen molar-refractivity contribution in [2.75, 3.05) is 0 Å². The normalized spacial score (nSPS) is 9.67. The zero-order valence-corrected chi connectivity index (χ0v) is 6.77. The second-order valence-electron chi connectivity index (χ2n) is 2.60. The molecule has 0 unspecified atom stereocenters. The van der Waals surface area contributed by atoms with Crippen LogP contribution in [-0.4, -0.2) is 5.60 Å². The van der Waals surface area contributed by atoms with Crippen LogP contribution in [0.4, 0.5) is 0 Å². The van der Waals surface area contributed by atoms with Crippen molar-refractivity contribution in [2.45, 2.75) is 26.4 Å². The van der Waals surface area contributed by atoms with Crippen molar-refractivity contribution in [2.24, 2.45) is 0 Å². The zero-order chi connectivity index (χ0) is 6.62. The minimum Gasteiger partial charge on any atom is -0.438 e. The number of hydrogen-bond acceptors (Lipinski definition) is 1. The van der Waals surface area contributed by atoms with Crippen LogP contribution in [0.15, 0.2) is 12.7 Å². The van der Waals surface area contributed by atoms with Gasteiger partial charge in [-0.25, -0.2) is 12.7 Å². The minimum atomic E-state index is -0.0752. The Bertz CT molecular complexity index is 73.5. The Morgan fingerprint density at radius 2 is 1.89 bits per heavy atom. The third kappa shape index (κ3) is 11.6. The van der Waals surface area contributed by atoms with Gasteiger partial charge in [0, 0.05) is 5.60 Å². The van der Waals surface area contributed by atoms with Gasteiger partial charge in [-0.2, -0.15) is 0 Å². The SMILES string of the molecule is C=C[CH-]OC(C)(C)C.[Li+]. The van der Waals surface area contributed by atoms with Crippen LogP contribution in [0.2, 0.25) is 0 Å². The second-order valence-corrected chi connectivity index (χ2v) is 2.60. The molecular weight excluding hydrogens is 107 g/mol. The average molecular weight is 120 g/mol. The number of ether oxygens (including phenoxy) is 1. The molecule has 0 heterocycles. The van der Waals surface area contributed by atoms with Crippen molar-refractivity contribution < 1.29 is 23.6 Å². The summed E-state index contributed by atoms with van der Waals surface area (Å²) in [5.74, 6) is 0. The van der Waals surface area contributed by atoms with Crippen molar-refractivity contribution in [1.29, 1.82) is 0 Å². The van der Waals surface area contributed by atoms with Gasteiger partial charge in [0.1, 0.15) is 0 Å². The van der Waals surface area contributed by atoms with Gasteiger partial charge in [0.25, 0.3) is 0 Å². The van der Waals surface area contributed by atoms with Crippen molar-refractivity contribution in [1.82, 2.24) is 0 Å². The molecule has 0 aliphatic carbocycles. The Morgan fingerprint density at radius 3 is 2.00 bits per heavy atom. The molecule has 48 valence electrons. The molecular formula is C7H13LiO. The Labute approximate surface area is 69.7 Å². The fourth-order valence-electron chi connectivity index (χ4n) is 0.252. The maximum Gasteiger partial charge on any atom is 1.00 e. The molecule has 0 aromatic carbocycles. The van der Waals surface area contributed by atoms with Crippen molar-refractivity contribution in [3.63, 3.8) is 0 Å². The largest absolute Gasteiger partial charge is 1.00 e. The van der Waals surface area contributed by atoms with Crippen LogP contribution < -0.4 is 18.9 Å². The molecule has 0 spiro atoms. The molecule has 0 bridgehead atoms. The van der Waals surface area contributed by atoms with Gasteiger partial charge in [0.2, 0.25) is 0 Å². The van der Waals surface area contributed by atoms with Gasteiger partial charge in [0.15, 0.2) is 0 Å².